The van der Waals surface area contributed by atoms with Crippen LogP contribution in [0.1, 0.15) is 42.4 Å². The van der Waals surface area contributed by atoms with E-state index in [0.29, 0.717) is 6.61 Å². The van der Waals surface area contributed by atoms with Crippen molar-refractivity contribution in [2.24, 2.45) is 13.0 Å². The van der Waals surface area contributed by atoms with Gasteiger partial charge in [0.15, 0.2) is 0 Å². The topological polar surface area (TPSA) is 69.0 Å². The Labute approximate surface area is 135 Å². The Bertz CT molecular complexity index is 683. The van der Waals surface area contributed by atoms with Crippen LogP contribution < -0.4 is 5.32 Å². The van der Waals surface area contributed by atoms with E-state index in [1.54, 1.807) is 12.4 Å². The molecule has 0 aliphatic carbocycles. The fourth-order valence-corrected chi connectivity index (χ4v) is 2.99. The third-order valence-corrected chi connectivity index (χ3v) is 4.50. The zero-order valence-electron chi connectivity index (χ0n) is 13.7. The number of carbonyl (C=O) groups is 1. The van der Waals surface area contributed by atoms with Gasteiger partial charge in [0, 0.05) is 31.1 Å². The van der Waals surface area contributed by atoms with Crippen LogP contribution in [0, 0.1) is 12.8 Å². The van der Waals surface area contributed by atoms with Gasteiger partial charge in [-0.2, -0.15) is 5.10 Å². The average Bonchev–Trinajstić information content (AvgIpc) is 3.16. The number of nitrogens with one attached hydrogen (secondary N) is 1. The molecule has 1 aliphatic rings. The van der Waals surface area contributed by atoms with Gasteiger partial charge in [0.2, 0.25) is 5.91 Å². The maximum atomic E-state index is 12.7. The van der Waals surface area contributed by atoms with Crippen molar-refractivity contribution in [1.29, 1.82) is 0 Å². The van der Waals surface area contributed by atoms with E-state index in [2.05, 4.69) is 15.4 Å². The van der Waals surface area contributed by atoms with E-state index in [1.165, 1.54) is 0 Å². The molecule has 2 aromatic heterocycles. The lowest BCUT2D eigenvalue weighted by molar-refractivity contribution is -0.127. The Balaban J connectivity index is 1.72. The SMILES string of the molecule is Cc1c([C@H]2OCC[C@@H]2C(=O)N[C@@H](C)c2ccccn2)cnn1C. The van der Waals surface area contributed by atoms with Crippen molar-refractivity contribution >= 4 is 5.91 Å². The van der Waals surface area contributed by atoms with Crippen LogP contribution in [0.25, 0.3) is 0 Å². The summed E-state index contributed by atoms with van der Waals surface area (Å²) >= 11 is 0. The van der Waals surface area contributed by atoms with E-state index in [-0.39, 0.29) is 24.0 Å². The van der Waals surface area contributed by atoms with E-state index in [4.69, 9.17) is 4.74 Å². The number of aromatic nitrogens is 3. The molecule has 23 heavy (non-hydrogen) atoms. The molecule has 3 rings (SSSR count). The molecule has 0 bridgehead atoms. The number of hydrogen-bond acceptors (Lipinski definition) is 4. The minimum atomic E-state index is -0.223. The Morgan fingerprint density at radius 3 is 2.96 bits per heavy atom. The molecule has 3 heterocycles. The quantitative estimate of drug-likeness (QED) is 0.938. The molecule has 0 spiro atoms. The van der Waals surface area contributed by atoms with Gasteiger partial charge in [-0.1, -0.05) is 6.07 Å². The molecule has 1 saturated heterocycles. The summed E-state index contributed by atoms with van der Waals surface area (Å²) in [5, 5.41) is 7.31. The fraction of sp³-hybridized carbons (Fsp3) is 0.471. The lowest BCUT2D eigenvalue weighted by Gasteiger charge is -2.21. The van der Waals surface area contributed by atoms with Crippen LogP contribution >= 0.6 is 0 Å². The van der Waals surface area contributed by atoms with E-state index < -0.39 is 0 Å². The first-order valence-electron chi connectivity index (χ1n) is 7.89. The molecule has 0 radical (unpaired) electrons. The molecular formula is C17H22N4O2. The summed E-state index contributed by atoms with van der Waals surface area (Å²) < 4.78 is 7.63. The fourth-order valence-electron chi connectivity index (χ4n) is 2.99. The Morgan fingerprint density at radius 2 is 2.30 bits per heavy atom. The first-order chi connectivity index (χ1) is 11.1. The normalized spacial score (nSPS) is 22.0. The monoisotopic (exact) mass is 314 g/mol. The van der Waals surface area contributed by atoms with Crippen LogP contribution in [-0.2, 0) is 16.6 Å². The number of amides is 1. The Hall–Kier alpha value is -2.21. The molecule has 0 aromatic carbocycles. The summed E-state index contributed by atoms with van der Waals surface area (Å²) in [5.74, 6) is -0.182. The van der Waals surface area contributed by atoms with Crippen molar-refractivity contribution in [3.8, 4) is 0 Å². The van der Waals surface area contributed by atoms with Gasteiger partial charge in [-0.05, 0) is 32.4 Å². The summed E-state index contributed by atoms with van der Waals surface area (Å²) in [6.07, 6.45) is 4.03. The molecule has 0 saturated carbocycles. The predicted molar refractivity (Wildman–Crippen MR) is 85.5 cm³/mol. The van der Waals surface area contributed by atoms with Gasteiger partial charge >= 0.3 is 0 Å². The first kappa shape index (κ1) is 15.7. The standard InChI is InChI=1S/C17H22N4O2/c1-11(15-6-4-5-8-18-15)20-17(22)13-7-9-23-16(13)14-10-19-21(3)12(14)2/h4-6,8,10-11,13,16H,7,9H2,1-3H3,(H,20,22)/t11-,13-,16-/m0/s1. The van der Waals surface area contributed by atoms with Crippen molar-refractivity contribution in [3.63, 3.8) is 0 Å². The molecule has 6 nitrogen and oxygen atoms in total. The van der Waals surface area contributed by atoms with Gasteiger partial charge in [-0.15, -0.1) is 0 Å². The average molecular weight is 314 g/mol. The van der Waals surface area contributed by atoms with Crippen LogP contribution in [0.2, 0.25) is 0 Å². The Kier molecular flexibility index (Phi) is 4.43. The van der Waals surface area contributed by atoms with E-state index in [9.17, 15) is 4.79 Å². The smallest absolute Gasteiger partial charge is 0.226 e. The number of pyridine rings is 1. The van der Waals surface area contributed by atoms with Crippen molar-refractivity contribution in [3.05, 3.63) is 47.5 Å². The summed E-state index contributed by atoms with van der Waals surface area (Å²) in [6, 6.07) is 5.58. The summed E-state index contributed by atoms with van der Waals surface area (Å²) in [7, 11) is 1.89. The summed E-state index contributed by atoms with van der Waals surface area (Å²) in [4.78, 5) is 17.0. The first-order valence-corrected chi connectivity index (χ1v) is 7.89. The zero-order chi connectivity index (χ0) is 16.4. The van der Waals surface area contributed by atoms with Gasteiger partial charge in [0.05, 0.1) is 30.0 Å². The second kappa shape index (κ2) is 6.50. The highest BCUT2D eigenvalue weighted by Gasteiger charge is 2.37. The molecule has 6 heteroatoms. The number of hydrogen-bond donors (Lipinski definition) is 1. The molecule has 0 unspecified atom stereocenters. The van der Waals surface area contributed by atoms with E-state index in [1.807, 2.05) is 43.8 Å². The van der Waals surface area contributed by atoms with Crippen LogP contribution in [0.3, 0.4) is 0 Å². The Morgan fingerprint density at radius 1 is 1.48 bits per heavy atom. The highest BCUT2D eigenvalue weighted by molar-refractivity contribution is 5.80. The van der Waals surface area contributed by atoms with E-state index in [0.717, 1.165) is 23.4 Å². The second-order valence-corrected chi connectivity index (χ2v) is 5.98. The molecule has 1 fully saturated rings. The van der Waals surface area contributed by atoms with E-state index >= 15 is 0 Å². The molecule has 2 aromatic rings. The largest absolute Gasteiger partial charge is 0.373 e. The molecule has 1 aliphatic heterocycles. The maximum absolute atomic E-state index is 12.7. The van der Waals surface area contributed by atoms with Crippen molar-refractivity contribution < 1.29 is 9.53 Å². The molecular weight excluding hydrogens is 292 g/mol. The second-order valence-electron chi connectivity index (χ2n) is 5.98. The minimum absolute atomic E-state index is 0.00825. The third-order valence-electron chi connectivity index (χ3n) is 4.50. The number of ether oxygens (including phenoxy) is 1. The zero-order valence-corrected chi connectivity index (χ0v) is 13.7. The molecule has 3 atom stereocenters. The van der Waals surface area contributed by atoms with Gasteiger partial charge in [0.1, 0.15) is 0 Å². The van der Waals surface area contributed by atoms with Crippen molar-refractivity contribution in [1.82, 2.24) is 20.1 Å². The van der Waals surface area contributed by atoms with Crippen LogP contribution in [0.5, 0.6) is 0 Å². The van der Waals surface area contributed by atoms with Crippen molar-refractivity contribution in [2.75, 3.05) is 6.61 Å². The number of aryl methyl sites for hydroxylation is 1. The van der Waals surface area contributed by atoms with Gasteiger partial charge in [-0.3, -0.25) is 14.5 Å². The molecule has 122 valence electrons. The highest BCUT2D eigenvalue weighted by Crippen LogP contribution is 2.36. The number of rotatable bonds is 4. The number of nitrogens with zero attached hydrogens (tertiary/aromatic N) is 3. The highest BCUT2D eigenvalue weighted by atomic mass is 16.5. The summed E-state index contributed by atoms with van der Waals surface area (Å²) in [5.41, 5.74) is 2.89. The van der Waals surface area contributed by atoms with Crippen LogP contribution in [-0.4, -0.2) is 27.3 Å². The van der Waals surface area contributed by atoms with Crippen molar-refractivity contribution in [2.45, 2.75) is 32.4 Å². The van der Waals surface area contributed by atoms with Gasteiger partial charge in [-0.25, -0.2) is 0 Å². The molecule has 1 N–H and O–H groups in total. The lowest BCUT2D eigenvalue weighted by Crippen LogP contribution is -2.34. The summed E-state index contributed by atoms with van der Waals surface area (Å²) in [6.45, 7) is 4.53. The minimum Gasteiger partial charge on any atom is -0.373 e. The molecule has 1 amide bonds. The number of carbonyl (C=O) groups excluding carboxylic acids is 1. The van der Waals surface area contributed by atoms with Crippen LogP contribution in [0.4, 0.5) is 0 Å². The van der Waals surface area contributed by atoms with Gasteiger partial charge in [0.25, 0.3) is 0 Å². The predicted octanol–water partition coefficient (Wildman–Crippen LogP) is 2.08. The third kappa shape index (κ3) is 3.12. The van der Waals surface area contributed by atoms with Crippen LogP contribution in [0.15, 0.2) is 30.6 Å². The lowest BCUT2D eigenvalue weighted by atomic mass is 9.94. The van der Waals surface area contributed by atoms with Gasteiger partial charge < -0.3 is 10.1 Å². The maximum Gasteiger partial charge on any atom is 0.226 e.